The Morgan fingerprint density at radius 2 is 1.55 bits per heavy atom. The van der Waals surface area contributed by atoms with Crippen LogP contribution in [0.1, 0.15) is 33.2 Å². The molecule has 0 saturated heterocycles. The number of carbonyl (C=O) groups is 3. The normalized spacial score (nSPS) is 10.5. The Balaban J connectivity index is 1.59. The van der Waals surface area contributed by atoms with Gasteiger partial charge in [0.05, 0.1) is 51.2 Å². The molecule has 14 nitrogen and oxygen atoms in total. The van der Waals surface area contributed by atoms with Crippen LogP contribution in [-0.4, -0.2) is 63.4 Å². The number of amides is 2. The van der Waals surface area contributed by atoms with E-state index in [2.05, 4.69) is 15.8 Å². The third-order valence-corrected chi connectivity index (χ3v) is 5.52. The summed E-state index contributed by atoms with van der Waals surface area (Å²) in [6.07, 6.45) is 1.34. The molecule has 3 aromatic carbocycles. The molecule has 0 unspecified atom stereocenters. The molecule has 0 heterocycles. The maximum atomic E-state index is 12.6. The van der Waals surface area contributed by atoms with Gasteiger partial charge in [-0.25, -0.2) is 10.2 Å². The Kier molecular flexibility index (Phi) is 10.8. The number of ether oxygens (including phenoxy) is 5. The van der Waals surface area contributed by atoms with Crippen molar-refractivity contribution in [1.82, 2.24) is 10.7 Å². The fourth-order valence-electron chi connectivity index (χ4n) is 3.53. The molecule has 220 valence electrons. The summed E-state index contributed by atoms with van der Waals surface area (Å²) in [5.74, 6) is -0.611. The number of hydrogen-bond donors (Lipinski definition) is 2. The third kappa shape index (κ3) is 7.94. The zero-order chi connectivity index (χ0) is 30.6. The Bertz CT molecular complexity index is 1460. The molecule has 0 bridgehead atoms. The van der Waals surface area contributed by atoms with Gasteiger partial charge in [0.1, 0.15) is 0 Å². The number of nitro groups is 1. The average Bonchev–Trinajstić information content (AvgIpc) is 3.00. The topological polar surface area (TPSA) is 177 Å². The minimum Gasteiger partial charge on any atom is -0.493 e. The lowest BCUT2D eigenvalue weighted by Crippen LogP contribution is -2.34. The molecule has 42 heavy (non-hydrogen) atoms. The Labute approximate surface area is 240 Å². The molecule has 3 aromatic rings. The number of esters is 1. The van der Waals surface area contributed by atoms with E-state index in [9.17, 15) is 24.5 Å². The van der Waals surface area contributed by atoms with Crippen LogP contribution in [0.5, 0.6) is 28.7 Å². The van der Waals surface area contributed by atoms with Gasteiger partial charge in [-0.2, -0.15) is 5.10 Å². The first kappa shape index (κ1) is 30.9. The largest absolute Gasteiger partial charge is 0.493 e. The van der Waals surface area contributed by atoms with Crippen LogP contribution in [0, 0.1) is 10.1 Å². The smallest absolute Gasteiger partial charge is 0.343 e. The maximum Gasteiger partial charge on any atom is 0.343 e. The number of benzene rings is 3. The van der Waals surface area contributed by atoms with Crippen LogP contribution < -0.4 is 34.4 Å². The molecule has 0 fully saturated rings. The van der Waals surface area contributed by atoms with Gasteiger partial charge in [0.15, 0.2) is 23.0 Å². The number of hydrazone groups is 1. The Morgan fingerprint density at radius 1 is 0.881 bits per heavy atom. The van der Waals surface area contributed by atoms with Crippen LogP contribution >= 0.6 is 0 Å². The fourth-order valence-corrected chi connectivity index (χ4v) is 3.53. The van der Waals surface area contributed by atoms with Gasteiger partial charge in [0.2, 0.25) is 5.75 Å². The number of nitro benzene ring substituents is 1. The number of nitrogens with zero attached hydrogens (tertiary/aromatic N) is 2. The van der Waals surface area contributed by atoms with Gasteiger partial charge in [0, 0.05) is 17.7 Å². The molecule has 0 aliphatic carbocycles. The van der Waals surface area contributed by atoms with Crippen molar-refractivity contribution >= 4 is 29.7 Å². The van der Waals surface area contributed by atoms with E-state index < -0.39 is 22.7 Å². The van der Waals surface area contributed by atoms with Gasteiger partial charge in [0.25, 0.3) is 17.5 Å². The minimum absolute atomic E-state index is 0.119. The molecule has 0 aliphatic heterocycles. The highest BCUT2D eigenvalue weighted by atomic mass is 16.6. The molecule has 3 rings (SSSR count). The second-order valence-electron chi connectivity index (χ2n) is 8.22. The standard InChI is InChI=1S/C28H28N4O10/c1-5-41-22-12-17(6-11-21(22)42-28(35)18-7-9-20(10-8-18)32(36)37)15-30-31-25(33)16-29-27(34)19-13-23(38-2)26(40-4)24(14-19)39-3/h6-15H,5,16H2,1-4H3,(H,29,34)(H,31,33)/b30-15+. The zero-order valence-corrected chi connectivity index (χ0v) is 23.2. The molecule has 2 N–H and O–H groups in total. The van der Waals surface area contributed by atoms with E-state index >= 15 is 0 Å². The van der Waals surface area contributed by atoms with E-state index in [1.54, 1.807) is 19.1 Å². The predicted octanol–water partition coefficient (Wildman–Crippen LogP) is 3.12. The van der Waals surface area contributed by atoms with Crippen molar-refractivity contribution in [3.8, 4) is 28.7 Å². The van der Waals surface area contributed by atoms with Crippen molar-refractivity contribution in [2.45, 2.75) is 6.92 Å². The highest BCUT2D eigenvalue weighted by Gasteiger charge is 2.18. The van der Waals surface area contributed by atoms with Crippen molar-refractivity contribution < 1.29 is 43.0 Å². The maximum absolute atomic E-state index is 12.6. The lowest BCUT2D eigenvalue weighted by molar-refractivity contribution is -0.384. The van der Waals surface area contributed by atoms with Crippen LogP contribution in [0.2, 0.25) is 0 Å². The van der Waals surface area contributed by atoms with Crippen LogP contribution in [-0.2, 0) is 4.79 Å². The molecule has 0 aliphatic rings. The number of methoxy groups -OCH3 is 3. The lowest BCUT2D eigenvalue weighted by atomic mass is 10.1. The van der Waals surface area contributed by atoms with Gasteiger partial charge >= 0.3 is 5.97 Å². The first-order valence-electron chi connectivity index (χ1n) is 12.3. The molecule has 2 amide bonds. The second kappa shape index (κ2) is 14.6. The van der Waals surface area contributed by atoms with E-state index in [1.165, 1.54) is 70.0 Å². The number of non-ortho nitro benzene ring substituents is 1. The third-order valence-electron chi connectivity index (χ3n) is 5.52. The van der Waals surface area contributed by atoms with Gasteiger partial charge in [-0.05, 0) is 55.0 Å². The summed E-state index contributed by atoms with van der Waals surface area (Å²) < 4.78 is 26.7. The summed E-state index contributed by atoms with van der Waals surface area (Å²) in [6, 6.07) is 12.5. The van der Waals surface area contributed by atoms with Crippen molar-refractivity contribution in [3.05, 3.63) is 81.4 Å². The van der Waals surface area contributed by atoms with Crippen molar-refractivity contribution in [3.63, 3.8) is 0 Å². The predicted molar refractivity (Wildman–Crippen MR) is 150 cm³/mol. The van der Waals surface area contributed by atoms with E-state index in [0.717, 1.165) is 0 Å². The van der Waals surface area contributed by atoms with E-state index in [-0.39, 0.29) is 53.0 Å². The van der Waals surface area contributed by atoms with Crippen LogP contribution in [0.25, 0.3) is 0 Å². The van der Waals surface area contributed by atoms with Gasteiger partial charge < -0.3 is 29.0 Å². The zero-order valence-electron chi connectivity index (χ0n) is 23.2. The van der Waals surface area contributed by atoms with E-state index in [1.807, 2.05) is 0 Å². The molecule has 0 saturated carbocycles. The van der Waals surface area contributed by atoms with Crippen LogP contribution in [0.4, 0.5) is 5.69 Å². The first-order chi connectivity index (χ1) is 20.2. The van der Waals surface area contributed by atoms with E-state index in [4.69, 9.17) is 23.7 Å². The molecule has 0 spiro atoms. The molecular weight excluding hydrogens is 552 g/mol. The van der Waals surface area contributed by atoms with Gasteiger partial charge in [-0.15, -0.1) is 0 Å². The molecule has 0 radical (unpaired) electrons. The van der Waals surface area contributed by atoms with Crippen LogP contribution in [0.3, 0.4) is 0 Å². The fraction of sp³-hybridized carbons (Fsp3) is 0.214. The summed E-state index contributed by atoms with van der Waals surface area (Å²) in [5, 5.41) is 17.2. The summed E-state index contributed by atoms with van der Waals surface area (Å²) in [4.78, 5) is 47.5. The van der Waals surface area contributed by atoms with E-state index in [0.29, 0.717) is 11.3 Å². The summed E-state index contributed by atoms with van der Waals surface area (Å²) in [5.41, 5.74) is 2.97. The van der Waals surface area contributed by atoms with Crippen molar-refractivity contribution in [1.29, 1.82) is 0 Å². The summed E-state index contributed by atoms with van der Waals surface area (Å²) in [7, 11) is 4.28. The van der Waals surface area contributed by atoms with Crippen molar-refractivity contribution in [2.75, 3.05) is 34.5 Å². The average molecular weight is 581 g/mol. The summed E-state index contributed by atoms with van der Waals surface area (Å²) >= 11 is 0. The number of nitrogens with one attached hydrogen (secondary N) is 2. The highest BCUT2D eigenvalue weighted by Crippen LogP contribution is 2.38. The van der Waals surface area contributed by atoms with Crippen molar-refractivity contribution in [2.24, 2.45) is 5.10 Å². The van der Waals surface area contributed by atoms with Gasteiger partial charge in [-0.1, -0.05) is 0 Å². The highest BCUT2D eigenvalue weighted by molar-refractivity contribution is 5.97. The second-order valence-corrected chi connectivity index (χ2v) is 8.22. The van der Waals surface area contributed by atoms with Gasteiger partial charge in [-0.3, -0.25) is 19.7 Å². The lowest BCUT2D eigenvalue weighted by Gasteiger charge is -2.14. The number of carbonyl (C=O) groups excluding carboxylic acids is 3. The minimum atomic E-state index is -0.729. The quantitative estimate of drug-likeness (QED) is 0.100. The molecule has 0 aromatic heterocycles. The monoisotopic (exact) mass is 580 g/mol. The summed E-state index contributed by atoms with van der Waals surface area (Å²) in [6.45, 7) is 1.65. The molecule has 0 atom stereocenters. The molecule has 14 heteroatoms. The Hall–Kier alpha value is -5.66. The number of hydrogen-bond acceptors (Lipinski definition) is 11. The molecular formula is C28H28N4O10. The Morgan fingerprint density at radius 3 is 2.12 bits per heavy atom. The first-order valence-corrected chi connectivity index (χ1v) is 12.3. The number of rotatable bonds is 13. The van der Waals surface area contributed by atoms with Crippen LogP contribution in [0.15, 0.2) is 59.7 Å². The SMILES string of the molecule is CCOc1cc(/C=N/NC(=O)CNC(=O)c2cc(OC)c(OC)c(OC)c2)ccc1OC(=O)c1ccc([N+](=O)[O-])cc1.